The molecular formula is C58H69F6N7O7. The molecule has 4 heterocycles. The van der Waals surface area contributed by atoms with Crippen molar-refractivity contribution < 1.29 is 59.2 Å². The second-order valence-corrected chi connectivity index (χ2v) is 21.9. The second-order valence-electron chi connectivity index (χ2n) is 21.9. The zero-order valence-electron chi connectivity index (χ0n) is 45.7. The minimum atomic E-state index is -4.52. The van der Waals surface area contributed by atoms with E-state index in [0.29, 0.717) is 30.8 Å². The average Bonchev–Trinajstić information content (AvgIpc) is 4.18. The van der Waals surface area contributed by atoms with E-state index in [1.165, 1.54) is 12.1 Å². The molecule has 2 saturated heterocycles. The van der Waals surface area contributed by atoms with Crippen LogP contribution in [0.1, 0.15) is 123 Å². The number of benzene rings is 4. The number of hydrogen-bond acceptors (Lipinski definition) is 14. The van der Waals surface area contributed by atoms with Crippen LogP contribution in [-0.4, -0.2) is 93.7 Å². The Morgan fingerprint density at radius 3 is 1.54 bits per heavy atom. The first-order valence-corrected chi connectivity index (χ1v) is 26.2. The topological polar surface area (TPSA) is 149 Å². The lowest BCUT2D eigenvalue weighted by atomic mass is 9.99. The standard InChI is InChI=1S/C29H35F3N4O3.C29H34F3N3O4/c1-19-9-6-7-14-36(19)24-13-12-22(16-23(24)29(30,31)32)27-33-26(34-39-27)21-11-8-10-20(15-21)17-35(5)18-25(37)38-28(2,3)4;1-19-8-5-6-14-35(19)24-12-11-22(17-23(24)29(30,31)32)27-33-26(34-39-27)21-10-7-9-20(16-21)18-37-15-13-25(36)38-28(2,3)4/h8,10-13,15-16,19H,6-7,9,14,17-18H2,1-5H3;7,9-12,16-17,19H,5-6,8,13-15,18H2,1-4H3. The normalized spacial score (nSPS) is 16.5. The van der Waals surface area contributed by atoms with Gasteiger partial charge in [-0.2, -0.15) is 36.3 Å². The van der Waals surface area contributed by atoms with Crippen molar-refractivity contribution in [2.45, 2.75) is 149 Å². The summed E-state index contributed by atoms with van der Waals surface area (Å²) in [6.07, 6.45) is -3.42. The Bertz CT molecular complexity index is 2980. The van der Waals surface area contributed by atoms with Gasteiger partial charge in [0, 0.05) is 65.3 Å². The Morgan fingerprint density at radius 1 is 0.615 bits per heavy atom. The van der Waals surface area contributed by atoms with E-state index in [1.807, 2.05) is 86.7 Å². The minimum absolute atomic E-state index is 0.00718. The van der Waals surface area contributed by atoms with Crippen molar-refractivity contribution in [3.8, 4) is 45.7 Å². The fourth-order valence-electron chi connectivity index (χ4n) is 9.43. The van der Waals surface area contributed by atoms with E-state index < -0.39 is 34.7 Å². The number of likely N-dealkylation sites (N-methyl/N-ethyl adjacent to an activating group) is 1. The van der Waals surface area contributed by atoms with Crippen molar-refractivity contribution >= 4 is 23.3 Å². The molecular weight excluding hydrogens is 1020 g/mol. The van der Waals surface area contributed by atoms with E-state index in [-0.39, 0.29) is 96.1 Å². The molecule has 0 saturated carbocycles. The van der Waals surface area contributed by atoms with E-state index in [0.717, 1.165) is 61.8 Å². The lowest BCUT2D eigenvalue weighted by molar-refractivity contribution is -0.157. The van der Waals surface area contributed by atoms with E-state index in [1.54, 1.807) is 51.1 Å². The summed E-state index contributed by atoms with van der Waals surface area (Å²) in [5.41, 5.74) is 1.28. The highest BCUT2D eigenvalue weighted by molar-refractivity contribution is 5.72. The first-order valence-electron chi connectivity index (χ1n) is 26.2. The van der Waals surface area contributed by atoms with Crippen molar-refractivity contribution in [2.75, 3.05) is 43.1 Å². The Balaban J connectivity index is 0.000000226. The maximum atomic E-state index is 14.1. The Labute approximate surface area is 451 Å². The molecule has 78 heavy (non-hydrogen) atoms. The third kappa shape index (κ3) is 16.4. The number of anilines is 2. The lowest BCUT2D eigenvalue weighted by Gasteiger charge is -2.37. The number of rotatable bonds is 15. The predicted molar refractivity (Wildman–Crippen MR) is 284 cm³/mol. The van der Waals surface area contributed by atoms with Crippen LogP contribution in [0.2, 0.25) is 0 Å². The molecule has 0 aliphatic carbocycles. The van der Waals surface area contributed by atoms with Gasteiger partial charge in [-0.05, 0) is 161 Å². The van der Waals surface area contributed by atoms with Crippen molar-refractivity contribution in [3.63, 3.8) is 0 Å². The largest absolute Gasteiger partial charge is 0.460 e. The molecule has 0 radical (unpaired) electrons. The number of aromatic nitrogens is 4. The van der Waals surface area contributed by atoms with E-state index in [4.69, 9.17) is 23.3 Å². The first kappa shape index (κ1) is 58.9. The molecule has 0 N–H and O–H groups in total. The molecule has 4 aromatic carbocycles. The highest BCUT2D eigenvalue weighted by Crippen LogP contribution is 2.43. The molecule has 0 amide bonds. The van der Waals surface area contributed by atoms with Gasteiger partial charge in [-0.1, -0.05) is 46.7 Å². The zero-order valence-corrected chi connectivity index (χ0v) is 45.7. The van der Waals surface area contributed by atoms with Crippen LogP contribution < -0.4 is 9.80 Å². The summed E-state index contributed by atoms with van der Waals surface area (Å²) in [6, 6.07) is 23.1. The molecule has 2 fully saturated rings. The van der Waals surface area contributed by atoms with Crippen LogP contribution in [0.5, 0.6) is 0 Å². The summed E-state index contributed by atoms with van der Waals surface area (Å²) in [6.45, 7) is 17.0. The van der Waals surface area contributed by atoms with Crippen molar-refractivity contribution in [1.29, 1.82) is 0 Å². The van der Waals surface area contributed by atoms with Crippen LogP contribution in [0.15, 0.2) is 94.0 Å². The molecule has 420 valence electrons. The van der Waals surface area contributed by atoms with Gasteiger partial charge >= 0.3 is 24.3 Å². The second kappa shape index (κ2) is 24.9. The summed E-state index contributed by atoms with van der Waals surface area (Å²) in [7, 11) is 1.82. The summed E-state index contributed by atoms with van der Waals surface area (Å²) in [5.74, 6) is -0.105. The minimum Gasteiger partial charge on any atom is -0.460 e. The quantitative estimate of drug-likeness (QED) is 0.0545. The number of esters is 2. The Morgan fingerprint density at radius 2 is 1.08 bits per heavy atom. The van der Waals surface area contributed by atoms with Crippen LogP contribution >= 0.6 is 0 Å². The number of carbonyl (C=O) groups excluding carboxylic acids is 2. The first-order chi connectivity index (χ1) is 36.7. The number of halogens is 6. The average molecular weight is 1090 g/mol. The van der Waals surface area contributed by atoms with Crippen molar-refractivity contribution in [2.24, 2.45) is 0 Å². The fraction of sp³-hybridized carbons (Fsp3) is 0.483. The summed E-state index contributed by atoms with van der Waals surface area (Å²) in [4.78, 5) is 38.2. The molecule has 2 aliphatic rings. The maximum absolute atomic E-state index is 14.1. The molecule has 8 rings (SSSR count). The SMILES string of the molecule is CC1CCCCN1c1ccc(-c2nc(-c3cccc(CN(C)CC(=O)OC(C)(C)C)c3)no2)cc1C(F)(F)F.CC1CCCCN1c1ccc(-c2nc(-c3cccc(COCCC(=O)OC(C)(C)C)c3)no2)cc1C(F)(F)F. The number of hydrogen-bond donors (Lipinski definition) is 0. The smallest absolute Gasteiger partial charge is 0.418 e. The number of piperidine rings is 2. The Kier molecular flexibility index (Phi) is 18.8. The monoisotopic (exact) mass is 1090 g/mol. The van der Waals surface area contributed by atoms with Gasteiger partial charge < -0.3 is 33.1 Å². The van der Waals surface area contributed by atoms with Crippen LogP contribution in [0, 0.1) is 0 Å². The van der Waals surface area contributed by atoms with Gasteiger partial charge in [-0.15, -0.1) is 0 Å². The molecule has 2 unspecified atom stereocenters. The molecule has 20 heteroatoms. The Hall–Kier alpha value is -6.80. The zero-order chi connectivity index (χ0) is 56.6. The fourth-order valence-corrected chi connectivity index (χ4v) is 9.43. The van der Waals surface area contributed by atoms with E-state index >= 15 is 0 Å². The van der Waals surface area contributed by atoms with Gasteiger partial charge in [0.25, 0.3) is 11.8 Å². The third-order valence-corrected chi connectivity index (χ3v) is 13.0. The van der Waals surface area contributed by atoms with E-state index in [2.05, 4.69) is 20.3 Å². The van der Waals surface area contributed by atoms with E-state index in [9.17, 15) is 35.9 Å². The molecule has 0 bridgehead atoms. The third-order valence-electron chi connectivity index (χ3n) is 13.0. The number of ether oxygens (including phenoxy) is 3. The van der Waals surface area contributed by atoms with Crippen LogP contribution in [0.25, 0.3) is 45.7 Å². The van der Waals surface area contributed by atoms with Gasteiger partial charge in [0.2, 0.25) is 11.6 Å². The van der Waals surface area contributed by atoms with Gasteiger partial charge in [0.15, 0.2) is 0 Å². The highest BCUT2D eigenvalue weighted by atomic mass is 19.4. The molecule has 2 aliphatic heterocycles. The van der Waals surface area contributed by atoms with Gasteiger partial charge in [0.1, 0.15) is 11.2 Å². The number of alkyl halides is 6. The number of carbonyl (C=O) groups is 2. The van der Waals surface area contributed by atoms with Crippen LogP contribution in [0.4, 0.5) is 37.7 Å². The molecule has 6 aromatic rings. The lowest BCUT2D eigenvalue weighted by Crippen LogP contribution is -2.38. The van der Waals surface area contributed by atoms with Crippen LogP contribution in [-0.2, 0) is 49.3 Å². The van der Waals surface area contributed by atoms with Gasteiger partial charge in [0.05, 0.1) is 37.3 Å². The predicted octanol–water partition coefficient (Wildman–Crippen LogP) is 13.6. The molecule has 0 spiro atoms. The van der Waals surface area contributed by atoms with Gasteiger partial charge in [-0.25, -0.2) is 0 Å². The summed E-state index contributed by atoms with van der Waals surface area (Å²) < 4.78 is 111. The maximum Gasteiger partial charge on any atom is 0.418 e. The molecule has 2 atom stereocenters. The van der Waals surface area contributed by atoms with Crippen molar-refractivity contribution in [3.05, 3.63) is 107 Å². The van der Waals surface area contributed by atoms with Gasteiger partial charge in [-0.3, -0.25) is 14.5 Å². The number of nitrogens with zero attached hydrogens (tertiary/aromatic N) is 7. The molecule has 2 aromatic heterocycles. The van der Waals surface area contributed by atoms with Crippen LogP contribution in [0.3, 0.4) is 0 Å². The summed E-state index contributed by atoms with van der Waals surface area (Å²) in [5, 5.41) is 8.02. The summed E-state index contributed by atoms with van der Waals surface area (Å²) >= 11 is 0. The molecule has 14 nitrogen and oxygen atoms in total. The van der Waals surface area contributed by atoms with Crippen molar-refractivity contribution in [1.82, 2.24) is 25.2 Å². The highest BCUT2D eigenvalue weighted by Gasteiger charge is 2.38.